The number of methoxy groups -OCH3 is 1. The summed E-state index contributed by atoms with van der Waals surface area (Å²) in [4.78, 5) is 29.3. The largest absolute Gasteiger partial charge is 0.497 e. The van der Waals surface area contributed by atoms with E-state index >= 15 is 0 Å². The zero-order valence-corrected chi connectivity index (χ0v) is 27.0. The number of sulfonamides is 1. The molecular weight excluding hydrogens is 562 g/mol. The molecule has 0 saturated carbocycles. The van der Waals surface area contributed by atoms with Gasteiger partial charge in [-0.3, -0.25) is 13.9 Å². The molecule has 0 fully saturated rings. The van der Waals surface area contributed by atoms with Crippen LogP contribution in [0, 0.1) is 19.8 Å². The predicted molar refractivity (Wildman–Crippen MR) is 173 cm³/mol. The summed E-state index contributed by atoms with van der Waals surface area (Å²) in [7, 11) is -2.00. The molecule has 0 radical (unpaired) electrons. The Morgan fingerprint density at radius 3 is 2.28 bits per heavy atom. The Kier molecular flexibility index (Phi) is 12.2. The molecule has 0 spiro atoms. The Bertz CT molecular complexity index is 1470. The summed E-state index contributed by atoms with van der Waals surface area (Å²) in [6, 6.07) is 22.0. The van der Waals surface area contributed by atoms with Crippen LogP contribution in [0.1, 0.15) is 48.9 Å². The van der Waals surface area contributed by atoms with E-state index in [-0.39, 0.29) is 37.2 Å². The topological polar surface area (TPSA) is 96.0 Å². The van der Waals surface area contributed by atoms with Crippen LogP contribution in [0.15, 0.2) is 72.8 Å². The van der Waals surface area contributed by atoms with Gasteiger partial charge in [-0.15, -0.1) is 0 Å². The first-order valence-electron chi connectivity index (χ1n) is 14.7. The highest BCUT2D eigenvalue weighted by Crippen LogP contribution is 2.25. The molecule has 2 amide bonds. The number of rotatable bonds is 15. The number of carbonyl (C=O) groups excluding carboxylic acids is 2. The monoisotopic (exact) mass is 607 g/mol. The van der Waals surface area contributed by atoms with Crippen molar-refractivity contribution in [3.8, 4) is 5.75 Å². The van der Waals surface area contributed by atoms with E-state index in [2.05, 4.69) is 5.32 Å². The summed E-state index contributed by atoms with van der Waals surface area (Å²) < 4.78 is 32.4. The third-order valence-corrected chi connectivity index (χ3v) is 8.41. The lowest BCUT2D eigenvalue weighted by Gasteiger charge is -2.32. The number of nitrogens with one attached hydrogen (secondary N) is 1. The minimum Gasteiger partial charge on any atom is -0.497 e. The van der Waals surface area contributed by atoms with Gasteiger partial charge in [0.05, 0.1) is 19.1 Å². The summed E-state index contributed by atoms with van der Waals surface area (Å²) in [5, 5.41) is 3.03. The van der Waals surface area contributed by atoms with Crippen LogP contribution in [0.3, 0.4) is 0 Å². The second kappa shape index (κ2) is 15.6. The van der Waals surface area contributed by atoms with Crippen LogP contribution in [-0.4, -0.2) is 57.6 Å². The molecule has 3 aromatic carbocycles. The summed E-state index contributed by atoms with van der Waals surface area (Å²) in [5.41, 5.74) is 4.17. The van der Waals surface area contributed by atoms with Crippen molar-refractivity contribution in [2.75, 3.05) is 30.8 Å². The molecular formula is C34H45N3O5S. The van der Waals surface area contributed by atoms with Gasteiger partial charge in [-0.05, 0) is 66.6 Å². The van der Waals surface area contributed by atoms with Crippen molar-refractivity contribution in [3.63, 3.8) is 0 Å². The maximum Gasteiger partial charge on any atom is 0.243 e. The first-order chi connectivity index (χ1) is 20.4. The quantitative estimate of drug-likeness (QED) is 0.254. The zero-order valence-electron chi connectivity index (χ0n) is 26.2. The van der Waals surface area contributed by atoms with Gasteiger partial charge in [-0.2, -0.15) is 0 Å². The maximum atomic E-state index is 14.0. The highest BCUT2D eigenvalue weighted by atomic mass is 32.2. The Morgan fingerprint density at radius 1 is 0.930 bits per heavy atom. The normalized spacial score (nSPS) is 12.1. The van der Waals surface area contributed by atoms with Gasteiger partial charge in [-0.25, -0.2) is 8.42 Å². The zero-order chi connectivity index (χ0) is 31.6. The molecule has 8 nitrogen and oxygen atoms in total. The highest BCUT2D eigenvalue weighted by Gasteiger charge is 2.31. The lowest BCUT2D eigenvalue weighted by Crippen LogP contribution is -2.51. The smallest absolute Gasteiger partial charge is 0.243 e. The van der Waals surface area contributed by atoms with Crippen LogP contribution in [-0.2, 0) is 32.6 Å². The van der Waals surface area contributed by atoms with E-state index < -0.39 is 16.1 Å². The van der Waals surface area contributed by atoms with E-state index in [1.165, 1.54) is 10.6 Å². The lowest BCUT2D eigenvalue weighted by molar-refractivity contribution is -0.141. The van der Waals surface area contributed by atoms with Crippen LogP contribution >= 0.6 is 0 Å². The standard InChI is InChI=1S/C34H45N3O5S/c1-25(2)23-35-34(39)32(22-28-12-8-7-9-13-28)36(24-29-14-10-15-30(21-29)42-5)33(38)16-11-19-37(43(6,40)41)31-20-26(3)17-18-27(31)4/h7-10,12-15,17-18,20-21,25,32H,11,16,19,22-24H2,1-6H3,(H,35,39)/t32-/m1/s1. The van der Waals surface area contributed by atoms with E-state index in [4.69, 9.17) is 4.74 Å². The van der Waals surface area contributed by atoms with Crippen molar-refractivity contribution in [3.05, 3.63) is 95.1 Å². The number of carbonyl (C=O) groups is 2. The van der Waals surface area contributed by atoms with Gasteiger partial charge < -0.3 is 15.0 Å². The van der Waals surface area contributed by atoms with Crippen molar-refractivity contribution in [1.29, 1.82) is 0 Å². The van der Waals surface area contributed by atoms with Crippen LogP contribution in [0.25, 0.3) is 0 Å². The molecule has 0 heterocycles. The molecule has 0 unspecified atom stereocenters. The molecule has 0 bridgehead atoms. The fourth-order valence-electron chi connectivity index (χ4n) is 4.91. The van der Waals surface area contributed by atoms with Gasteiger partial charge in [-0.1, -0.05) is 68.4 Å². The van der Waals surface area contributed by atoms with Gasteiger partial charge in [0.15, 0.2) is 0 Å². The number of hydrogen-bond acceptors (Lipinski definition) is 5. The van der Waals surface area contributed by atoms with Gasteiger partial charge in [0.2, 0.25) is 21.8 Å². The van der Waals surface area contributed by atoms with Crippen LogP contribution in [0.5, 0.6) is 5.75 Å². The summed E-state index contributed by atoms with van der Waals surface area (Å²) in [5.74, 6) is 0.460. The van der Waals surface area contributed by atoms with Crippen molar-refractivity contribution in [2.45, 2.75) is 59.5 Å². The van der Waals surface area contributed by atoms with Crippen LogP contribution in [0.2, 0.25) is 0 Å². The minimum absolute atomic E-state index is 0.0730. The number of anilines is 1. The highest BCUT2D eigenvalue weighted by molar-refractivity contribution is 7.92. The third-order valence-electron chi connectivity index (χ3n) is 7.23. The van der Waals surface area contributed by atoms with E-state index in [0.29, 0.717) is 30.8 Å². The molecule has 0 aliphatic rings. The van der Waals surface area contributed by atoms with Crippen molar-refractivity contribution < 1.29 is 22.7 Å². The minimum atomic E-state index is -3.59. The number of aryl methyl sites for hydroxylation is 2. The van der Waals surface area contributed by atoms with Crippen LogP contribution < -0.4 is 14.4 Å². The Hall–Kier alpha value is -3.85. The van der Waals surface area contributed by atoms with Crippen LogP contribution in [0.4, 0.5) is 5.69 Å². The molecule has 43 heavy (non-hydrogen) atoms. The molecule has 3 aromatic rings. The molecule has 232 valence electrons. The van der Waals surface area contributed by atoms with E-state index in [1.807, 2.05) is 100 Å². The van der Waals surface area contributed by atoms with Crippen molar-refractivity contribution >= 4 is 27.5 Å². The van der Waals surface area contributed by atoms with Gasteiger partial charge in [0.25, 0.3) is 0 Å². The number of ether oxygens (including phenoxy) is 1. The van der Waals surface area contributed by atoms with E-state index in [1.54, 1.807) is 12.0 Å². The molecule has 0 saturated heterocycles. The number of nitrogens with zero attached hydrogens (tertiary/aromatic N) is 2. The number of hydrogen-bond donors (Lipinski definition) is 1. The third kappa shape index (κ3) is 10.1. The SMILES string of the molecule is COc1cccc(CN(C(=O)CCCN(c2cc(C)ccc2C)S(C)(=O)=O)[C@H](Cc2ccccc2)C(=O)NCC(C)C)c1. The van der Waals surface area contributed by atoms with E-state index in [0.717, 1.165) is 22.3 Å². The summed E-state index contributed by atoms with van der Waals surface area (Å²) in [6.07, 6.45) is 1.89. The van der Waals surface area contributed by atoms with Gasteiger partial charge in [0, 0.05) is 32.5 Å². The Morgan fingerprint density at radius 2 is 1.63 bits per heavy atom. The Labute approximate surface area is 257 Å². The second-order valence-corrected chi connectivity index (χ2v) is 13.4. The molecule has 9 heteroatoms. The summed E-state index contributed by atoms with van der Waals surface area (Å²) in [6.45, 7) is 8.67. The molecule has 1 atom stereocenters. The maximum absolute atomic E-state index is 14.0. The van der Waals surface area contributed by atoms with Crippen molar-refractivity contribution in [2.24, 2.45) is 5.92 Å². The lowest BCUT2D eigenvalue weighted by atomic mass is 10.0. The fourth-order valence-corrected chi connectivity index (χ4v) is 5.93. The second-order valence-electron chi connectivity index (χ2n) is 11.4. The summed E-state index contributed by atoms with van der Waals surface area (Å²) >= 11 is 0. The fraction of sp³-hybridized carbons (Fsp3) is 0.412. The van der Waals surface area contributed by atoms with Gasteiger partial charge in [0.1, 0.15) is 11.8 Å². The first kappa shape index (κ1) is 33.6. The Balaban J connectivity index is 1.92. The predicted octanol–water partition coefficient (Wildman–Crippen LogP) is 5.27. The molecule has 1 N–H and O–H groups in total. The average molecular weight is 608 g/mol. The molecule has 0 aromatic heterocycles. The molecule has 0 aliphatic heterocycles. The molecule has 3 rings (SSSR count). The van der Waals surface area contributed by atoms with Gasteiger partial charge >= 0.3 is 0 Å². The number of amides is 2. The average Bonchev–Trinajstić information content (AvgIpc) is 2.97. The van der Waals surface area contributed by atoms with Crippen molar-refractivity contribution in [1.82, 2.24) is 10.2 Å². The van der Waals surface area contributed by atoms with E-state index in [9.17, 15) is 18.0 Å². The first-order valence-corrected chi connectivity index (χ1v) is 16.5. The number of benzene rings is 3. The molecule has 0 aliphatic carbocycles.